The van der Waals surface area contributed by atoms with Crippen molar-refractivity contribution in [1.29, 1.82) is 0 Å². The number of benzene rings is 1. The van der Waals surface area contributed by atoms with E-state index in [0.717, 1.165) is 10.2 Å². The SMILES string of the molecule is O=C(O)c1c(C(F)(F)F)nn2c1N(Cc1ccc(Cl)cc1)CC2. The number of carbonyl (C=O) groups is 1. The van der Waals surface area contributed by atoms with Crippen molar-refractivity contribution in [1.82, 2.24) is 9.78 Å². The van der Waals surface area contributed by atoms with Gasteiger partial charge in [0.2, 0.25) is 0 Å². The number of alkyl halides is 3. The van der Waals surface area contributed by atoms with Crippen LogP contribution in [0.3, 0.4) is 0 Å². The lowest BCUT2D eigenvalue weighted by Gasteiger charge is -2.18. The summed E-state index contributed by atoms with van der Waals surface area (Å²) < 4.78 is 40.1. The number of carboxylic acids is 1. The van der Waals surface area contributed by atoms with Gasteiger partial charge in [0, 0.05) is 18.1 Å². The first-order chi connectivity index (χ1) is 10.8. The molecule has 0 bridgehead atoms. The Kier molecular flexibility index (Phi) is 3.71. The number of nitrogens with zero attached hydrogens (tertiary/aromatic N) is 3. The summed E-state index contributed by atoms with van der Waals surface area (Å²) in [6.45, 7) is 0.878. The molecule has 2 heterocycles. The zero-order chi connectivity index (χ0) is 16.8. The first kappa shape index (κ1) is 15.7. The number of aromatic carboxylic acids is 1. The van der Waals surface area contributed by atoms with Crippen LogP contribution in [0.2, 0.25) is 5.02 Å². The van der Waals surface area contributed by atoms with E-state index in [4.69, 9.17) is 11.6 Å². The first-order valence-electron chi connectivity index (χ1n) is 6.68. The molecule has 2 aromatic rings. The summed E-state index contributed by atoms with van der Waals surface area (Å²) in [6, 6.07) is 6.83. The van der Waals surface area contributed by atoms with Crippen LogP contribution in [0, 0.1) is 0 Å². The summed E-state index contributed by atoms with van der Waals surface area (Å²) in [5.74, 6) is -1.65. The molecule has 0 fully saturated rings. The van der Waals surface area contributed by atoms with Crippen molar-refractivity contribution in [3.63, 3.8) is 0 Å². The summed E-state index contributed by atoms with van der Waals surface area (Å²) in [4.78, 5) is 12.9. The summed E-state index contributed by atoms with van der Waals surface area (Å²) in [6.07, 6.45) is -4.81. The van der Waals surface area contributed by atoms with Crippen LogP contribution in [-0.2, 0) is 19.3 Å². The predicted octanol–water partition coefficient (Wildman–Crippen LogP) is 3.27. The van der Waals surface area contributed by atoms with Gasteiger partial charge in [-0.15, -0.1) is 0 Å². The van der Waals surface area contributed by atoms with Crippen molar-refractivity contribution < 1.29 is 23.1 Å². The molecule has 0 saturated heterocycles. The summed E-state index contributed by atoms with van der Waals surface area (Å²) >= 11 is 5.80. The minimum Gasteiger partial charge on any atom is -0.477 e. The van der Waals surface area contributed by atoms with Crippen molar-refractivity contribution in [3.05, 3.63) is 46.1 Å². The van der Waals surface area contributed by atoms with Gasteiger partial charge in [-0.25, -0.2) is 9.48 Å². The number of fused-ring (bicyclic) bond motifs is 1. The highest BCUT2D eigenvalue weighted by Gasteiger charge is 2.44. The van der Waals surface area contributed by atoms with Crippen molar-refractivity contribution in [3.8, 4) is 0 Å². The molecule has 1 aliphatic rings. The molecule has 23 heavy (non-hydrogen) atoms. The smallest absolute Gasteiger partial charge is 0.436 e. The van der Waals surface area contributed by atoms with Crippen LogP contribution in [-0.4, -0.2) is 27.4 Å². The van der Waals surface area contributed by atoms with E-state index < -0.39 is 23.4 Å². The summed E-state index contributed by atoms with van der Waals surface area (Å²) in [5.41, 5.74) is -1.35. The highest BCUT2D eigenvalue weighted by molar-refractivity contribution is 6.30. The van der Waals surface area contributed by atoms with Crippen LogP contribution in [0.1, 0.15) is 21.6 Å². The van der Waals surface area contributed by atoms with Crippen molar-refractivity contribution in [2.45, 2.75) is 19.3 Å². The third-order valence-corrected chi connectivity index (χ3v) is 3.83. The fraction of sp³-hybridized carbons (Fsp3) is 0.286. The standard InChI is InChI=1S/C14H11ClF3N3O2/c15-9-3-1-8(2-4-9)7-20-5-6-21-12(20)10(13(22)23)11(19-21)14(16,17)18/h1-4H,5-7H2,(H,22,23). The number of halogens is 4. The van der Waals surface area contributed by atoms with Gasteiger partial charge in [0.05, 0.1) is 6.54 Å². The van der Waals surface area contributed by atoms with E-state index in [1.807, 2.05) is 0 Å². The minimum absolute atomic E-state index is 0.0141. The Hall–Kier alpha value is -2.22. The molecular weight excluding hydrogens is 335 g/mol. The molecular formula is C14H11ClF3N3O2. The van der Waals surface area contributed by atoms with Gasteiger partial charge in [-0.05, 0) is 17.7 Å². The summed E-state index contributed by atoms with van der Waals surface area (Å²) in [7, 11) is 0. The molecule has 1 N–H and O–H groups in total. The second kappa shape index (κ2) is 5.45. The molecule has 3 rings (SSSR count). The molecule has 9 heteroatoms. The molecule has 5 nitrogen and oxygen atoms in total. The molecule has 0 radical (unpaired) electrons. The molecule has 122 valence electrons. The first-order valence-corrected chi connectivity index (χ1v) is 7.06. The molecule has 1 aromatic heterocycles. The Balaban J connectivity index is 1.99. The van der Waals surface area contributed by atoms with Gasteiger partial charge < -0.3 is 10.0 Å². The third kappa shape index (κ3) is 2.86. The van der Waals surface area contributed by atoms with Gasteiger partial charge in [0.25, 0.3) is 0 Å². The van der Waals surface area contributed by atoms with Crippen molar-refractivity contribution in [2.75, 3.05) is 11.4 Å². The maximum Gasteiger partial charge on any atom is 0.436 e. The average Bonchev–Trinajstić information content (AvgIpc) is 3.00. The van der Waals surface area contributed by atoms with E-state index in [2.05, 4.69) is 5.10 Å². The van der Waals surface area contributed by atoms with Crippen LogP contribution in [0.4, 0.5) is 19.0 Å². The maximum absolute atomic E-state index is 13.0. The molecule has 0 atom stereocenters. The lowest BCUT2D eigenvalue weighted by Crippen LogP contribution is -2.23. The second-order valence-corrected chi connectivity index (χ2v) is 5.56. The van der Waals surface area contributed by atoms with E-state index >= 15 is 0 Å². The van der Waals surface area contributed by atoms with Crippen molar-refractivity contribution >= 4 is 23.4 Å². The van der Waals surface area contributed by atoms with Gasteiger partial charge in [-0.1, -0.05) is 23.7 Å². The monoisotopic (exact) mass is 345 g/mol. The quantitative estimate of drug-likeness (QED) is 0.927. The molecule has 0 unspecified atom stereocenters. The normalized spacial score (nSPS) is 14.2. The van der Waals surface area contributed by atoms with E-state index in [9.17, 15) is 23.1 Å². The number of aromatic nitrogens is 2. The van der Waals surface area contributed by atoms with Crippen LogP contribution < -0.4 is 4.90 Å². The lowest BCUT2D eigenvalue weighted by molar-refractivity contribution is -0.142. The van der Waals surface area contributed by atoms with Gasteiger partial charge in [0.15, 0.2) is 5.69 Å². The van der Waals surface area contributed by atoms with E-state index in [-0.39, 0.29) is 18.9 Å². The molecule has 1 aliphatic heterocycles. The Morgan fingerprint density at radius 2 is 1.91 bits per heavy atom. The Morgan fingerprint density at radius 3 is 2.48 bits per heavy atom. The number of rotatable bonds is 3. The molecule has 0 amide bonds. The Morgan fingerprint density at radius 1 is 1.26 bits per heavy atom. The molecule has 0 saturated carbocycles. The largest absolute Gasteiger partial charge is 0.477 e. The molecule has 0 spiro atoms. The Bertz CT molecular complexity index is 756. The van der Waals surface area contributed by atoms with Crippen LogP contribution in [0.15, 0.2) is 24.3 Å². The lowest BCUT2D eigenvalue weighted by atomic mass is 10.2. The van der Waals surface area contributed by atoms with E-state index in [1.165, 1.54) is 0 Å². The Labute approximate surface area is 133 Å². The van der Waals surface area contributed by atoms with E-state index in [1.54, 1.807) is 29.2 Å². The van der Waals surface area contributed by atoms with E-state index in [0.29, 0.717) is 11.6 Å². The van der Waals surface area contributed by atoms with Crippen LogP contribution >= 0.6 is 11.6 Å². The number of hydrogen-bond acceptors (Lipinski definition) is 3. The maximum atomic E-state index is 13.0. The third-order valence-electron chi connectivity index (χ3n) is 3.58. The number of carboxylic acid groups (broad SMARTS) is 1. The average molecular weight is 346 g/mol. The molecule has 1 aromatic carbocycles. The molecule has 0 aliphatic carbocycles. The fourth-order valence-electron chi connectivity index (χ4n) is 2.61. The zero-order valence-corrected chi connectivity index (χ0v) is 12.4. The van der Waals surface area contributed by atoms with Crippen LogP contribution in [0.25, 0.3) is 0 Å². The number of hydrogen-bond donors (Lipinski definition) is 1. The van der Waals surface area contributed by atoms with Gasteiger partial charge in [-0.2, -0.15) is 18.3 Å². The van der Waals surface area contributed by atoms with Crippen LogP contribution in [0.5, 0.6) is 0 Å². The zero-order valence-electron chi connectivity index (χ0n) is 11.6. The van der Waals surface area contributed by atoms with Crippen molar-refractivity contribution in [2.24, 2.45) is 0 Å². The topological polar surface area (TPSA) is 58.4 Å². The highest BCUT2D eigenvalue weighted by atomic mass is 35.5. The second-order valence-electron chi connectivity index (χ2n) is 5.12. The van der Waals surface area contributed by atoms with Gasteiger partial charge in [0.1, 0.15) is 11.4 Å². The highest BCUT2D eigenvalue weighted by Crippen LogP contribution is 2.38. The predicted molar refractivity (Wildman–Crippen MR) is 76.7 cm³/mol. The van der Waals surface area contributed by atoms with Gasteiger partial charge >= 0.3 is 12.1 Å². The minimum atomic E-state index is -4.81. The summed E-state index contributed by atoms with van der Waals surface area (Å²) in [5, 5.41) is 13.2. The fourth-order valence-corrected chi connectivity index (χ4v) is 2.74. The van der Waals surface area contributed by atoms with Gasteiger partial charge in [-0.3, -0.25) is 0 Å². The number of anilines is 1.